The molecular formula is C18H22FN3OS. The van der Waals surface area contributed by atoms with Gasteiger partial charge in [-0.1, -0.05) is 12.1 Å². The maximum atomic E-state index is 13.8. The van der Waals surface area contributed by atoms with Crippen molar-refractivity contribution in [2.45, 2.75) is 26.2 Å². The largest absolute Gasteiger partial charge is 0.369 e. The Bertz CT molecular complexity index is 703. The standard InChI is InChI=1S/C18H22FN3OS/c1-13-17(24-12-21-13)6-7-18(23)20-10-14-8-9-22(11-14)16-5-3-2-4-15(16)19/h2-5,12,14H,6-11H2,1H3,(H,20,23). The summed E-state index contributed by atoms with van der Waals surface area (Å²) < 4.78 is 13.8. The molecule has 1 fully saturated rings. The normalized spacial score (nSPS) is 17.2. The van der Waals surface area contributed by atoms with Crippen LogP contribution in [-0.2, 0) is 11.2 Å². The van der Waals surface area contributed by atoms with Crippen molar-refractivity contribution < 1.29 is 9.18 Å². The van der Waals surface area contributed by atoms with Crippen molar-refractivity contribution in [2.24, 2.45) is 5.92 Å². The topological polar surface area (TPSA) is 45.2 Å². The first-order valence-electron chi connectivity index (χ1n) is 8.28. The molecule has 0 spiro atoms. The average Bonchev–Trinajstić information content (AvgIpc) is 3.20. The number of aryl methyl sites for hydroxylation is 2. The van der Waals surface area contributed by atoms with Crippen molar-refractivity contribution >= 4 is 22.9 Å². The van der Waals surface area contributed by atoms with Crippen LogP contribution in [0.15, 0.2) is 29.8 Å². The second-order valence-electron chi connectivity index (χ2n) is 6.22. The number of thiazole rings is 1. The third-order valence-corrected chi connectivity index (χ3v) is 5.49. The van der Waals surface area contributed by atoms with Crippen LogP contribution >= 0.6 is 11.3 Å². The zero-order valence-electron chi connectivity index (χ0n) is 13.8. The fourth-order valence-corrected chi connectivity index (χ4v) is 3.85. The maximum Gasteiger partial charge on any atom is 0.220 e. The first-order valence-corrected chi connectivity index (χ1v) is 9.16. The zero-order valence-corrected chi connectivity index (χ0v) is 14.6. The van der Waals surface area contributed by atoms with Gasteiger partial charge in [0.15, 0.2) is 0 Å². The van der Waals surface area contributed by atoms with Crippen molar-refractivity contribution in [1.82, 2.24) is 10.3 Å². The van der Waals surface area contributed by atoms with Crippen LogP contribution in [0.3, 0.4) is 0 Å². The molecule has 1 N–H and O–H groups in total. The molecule has 0 aliphatic carbocycles. The minimum Gasteiger partial charge on any atom is -0.369 e. The lowest BCUT2D eigenvalue weighted by molar-refractivity contribution is -0.121. The second-order valence-corrected chi connectivity index (χ2v) is 7.16. The third-order valence-electron chi connectivity index (χ3n) is 4.49. The van der Waals surface area contributed by atoms with E-state index in [2.05, 4.69) is 15.2 Å². The smallest absolute Gasteiger partial charge is 0.220 e. The van der Waals surface area contributed by atoms with Gasteiger partial charge in [-0.25, -0.2) is 9.37 Å². The number of carbonyl (C=O) groups excluding carboxylic acids is 1. The quantitative estimate of drug-likeness (QED) is 0.873. The minimum atomic E-state index is -0.179. The van der Waals surface area contributed by atoms with Gasteiger partial charge >= 0.3 is 0 Å². The van der Waals surface area contributed by atoms with Crippen molar-refractivity contribution in [2.75, 3.05) is 24.5 Å². The highest BCUT2D eigenvalue weighted by molar-refractivity contribution is 7.09. The van der Waals surface area contributed by atoms with Gasteiger partial charge in [0.05, 0.1) is 16.9 Å². The Morgan fingerprint density at radius 2 is 2.29 bits per heavy atom. The number of nitrogens with one attached hydrogen (secondary N) is 1. The number of hydrogen-bond acceptors (Lipinski definition) is 4. The van der Waals surface area contributed by atoms with E-state index in [9.17, 15) is 9.18 Å². The molecule has 0 bridgehead atoms. The summed E-state index contributed by atoms with van der Waals surface area (Å²) in [5.74, 6) is 0.271. The van der Waals surface area contributed by atoms with Crippen molar-refractivity contribution in [3.8, 4) is 0 Å². The Morgan fingerprint density at radius 3 is 3.04 bits per heavy atom. The van der Waals surface area contributed by atoms with E-state index >= 15 is 0 Å². The van der Waals surface area contributed by atoms with Crippen LogP contribution in [0.4, 0.5) is 10.1 Å². The van der Waals surface area contributed by atoms with Gasteiger partial charge in [-0.05, 0) is 37.8 Å². The van der Waals surface area contributed by atoms with Crippen LogP contribution in [0.25, 0.3) is 0 Å². The Kier molecular flexibility index (Phi) is 5.45. The lowest BCUT2D eigenvalue weighted by Crippen LogP contribution is -2.31. The number of rotatable bonds is 6. The second kappa shape index (κ2) is 7.75. The lowest BCUT2D eigenvalue weighted by atomic mass is 10.1. The molecule has 1 aromatic carbocycles. The molecule has 3 rings (SSSR count). The summed E-state index contributed by atoms with van der Waals surface area (Å²) in [5.41, 5.74) is 3.49. The highest BCUT2D eigenvalue weighted by atomic mass is 32.1. The highest BCUT2D eigenvalue weighted by Gasteiger charge is 2.24. The first-order chi connectivity index (χ1) is 11.6. The monoisotopic (exact) mass is 347 g/mol. The summed E-state index contributed by atoms with van der Waals surface area (Å²) in [6.07, 6.45) is 2.21. The van der Waals surface area contributed by atoms with E-state index in [1.165, 1.54) is 10.9 Å². The van der Waals surface area contributed by atoms with Gasteiger partial charge in [0.25, 0.3) is 0 Å². The van der Waals surface area contributed by atoms with Gasteiger partial charge in [-0.3, -0.25) is 4.79 Å². The third kappa shape index (κ3) is 4.12. The van der Waals surface area contributed by atoms with Crippen molar-refractivity contribution in [1.29, 1.82) is 0 Å². The van der Waals surface area contributed by atoms with Gasteiger partial charge in [-0.2, -0.15) is 0 Å². The number of nitrogens with zero attached hydrogens (tertiary/aromatic N) is 2. The molecule has 4 nitrogen and oxygen atoms in total. The van der Waals surface area contributed by atoms with Gasteiger partial charge in [-0.15, -0.1) is 11.3 Å². The van der Waals surface area contributed by atoms with Crippen LogP contribution < -0.4 is 10.2 Å². The number of halogens is 1. The predicted molar refractivity (Wildman–Crippen MR) is 94.9 cm³/mol. The van der Waals surface area contributed by atoms with Crippen LogP contribution in [0.5, 0.6) is 0 Å². The maximum absolute atomic E-state index is 13.8. The van der Waals surface area contributed by atoms with Crippen LogP contribution in [-0.4, -0.2) is 30.5 Å². The Balaban J connectivity index is 1.42. The Labute approximate surface area is 145 Å². The number of hydrogen-bond donors (Lipinski definition) is 1. The number of amides is 1. The van der Waals surface area contributed by atoms with E-state index in [0.717, 1.165) is 31.6 Å². The average molecular weight is 347 g/mol. The number of aromatic nitrogens is 1. The molecule has 1 saturated heterocycles. The molecule has 24 heavy (non-hydrogen) atoms. The SMILES string of the molecule is Cc1ncsc1CCC(=O)NCC1CCN(c2ccccc2F)C1. The van der Waals surface area contributed by atoms with Gasteiger partial charge in [0.1, 0.15) is 5.82 Å². The molecule has 2 aromatic rings. The minimum absolute atomic E-state index is 0.0761. The number of carbonyl (C=O) groups is 1. The van der Waals surface area contributed by atoms with Crippen LogP contribution in [0, 0.1) is 18.7 Å². The van der Waals surface area contributed by atoms with E-state index in [1.54, 1.807) is 17.4 Å². The van der Waals surface area contributed by atoms with Gasteiger partial charge in [0.2, 0.25) is 5.91 Å². The fourth-order valence-electron chi connectivity index (χ4n) is 3.07. The van der Waals surface area contributed by atoms with E-state index in [1.807, 2.05) is 24.6 Å². The molecule has 1 aliphatic heterocycles. The summed E-state index contributed by atoms with van der Waals surface area (Å²) >= 11 is 1.60. The Morgan fingerprint density at radius 1 is 1.46 bits per heavy atom. The molecule has 1 atom stereocenters. The summed E-state index contributed by atoms with van der Waals surface area (Å²) in [6, 6.07) is 6.87. The molecule has 1 aromatic heterocycles. The summed E-state index contributed by atoms with van der Waals surface area (Å²) in [4.78, 5) is 19.4. The molecule has 2 heterocycles. The van der Waals surface area contributed by atoms with Gasteiger partial charge < -0.3 is 10.2 Å². The molecule has 6 heteroatoms. The zero-order chi connectivity index (χ0) is 16.9. The van der Waals surface area contributed by atoms with Crippen LogP contribution in [0.1, 0.15) is 23.4 Å². The van der Waals surface area contributed by atoms with Gasteiger partial charge in [0, 0.05) is 30.9 Å². The number of anilines is 1. The molecule has 1 amide bonds. The highest BCUT2D eigenvalue weighted by Crippen LogP contribution is 2.25. The molecule has 0 radical (unpaired) electrons. The Hall–Kier alpha value is -1.95. The number of benzene rings is 1. The lowest BCUT2D eigenvalue weighted by Gasteiger charge is -2.19. The summed E-state index contributed by atoms with van der Waals surface area (Å²) in [5, 5.41) is 3.02. The van der Waals surface area contributed by atoms with Crippen molar-refractivity contribution in [3.05, 3.63) is 46.2 Å². The predicted octanol–water partition coefficient (Wildman–Crippen LogP) is 3.17. The molecule has 1 unspecified atom stereocenters. The number of para-hydroxylation sites is 1. The fraction of sp³-hybridized carbons (Fsp3) is 0.444. The van der Waals surface area contributed by atoms with Crippen molar-refractivity contribution in [3.63, 3.8) is 0 Å². The summed E-state index contributed by atoms with van der Waals surface area (Å²) in [7, 11) is 0. The van der Waals surface area contributed by atoms with E-state index in [-0.39, 0.29) is 11.7 Å². The van der Waals surface area contributed by atoms with E-state index in [4.69, 9.17) is 0 Å². The molecule has 128 valence electrons. The van der Waals surface area contributed by atoms with E-state index < -0.39 is 0 Å². The van der Waals surface area contributed by atoms with Crippen LogP contribution in [0.2, 0.25) is 0 Å². The summed E-state index contributed by atoms with van der Waals surface area (Å²) in [6.45, 7) is 4.25. The van der Waals surface area contributed by atoms with E-state index in [0.29, 0.717) is 24.6 Å². The molecule has 0 saturated carbocycles. The molecular weight excluding hydrogens is 325 g/mol. The first kappa shape index (κ1) is 16.9. The molecule has 1 aliphatic rings.